The first-order chi connectivity index (χ1) is 32.0. The third-order valence-corrected chi connectivity index (χ3v) is 18.6. The minimum atomic E-state index is -4.58. The second-order valence-corrected chi connectivity index (χ2v) is 26.5. The number of hydrogen-bond acceptors (Lipinski definition) is 1. The molecular formula is C64H76F3N. The van der Waals surface area contributed by atoms with Crippen LogP contribution in [0, 0.1) is 35.5 Å². The Bertz CT molecular complexity index is 2520. The average molecular weight is 916 g/mol. The van der Waals surface area contributed by atoms with E-state index in [9.17, 15) is 0 Å². The van der Waals surface area contributed by atoms with E-state index in [-0.39, 0.29) is 33.5 Å². The fraction of sp³-hybridized carbons (Fsp3) is 0.547. The lowest BCUT2D eigenvalue weighted by atomic mass is 9.48. The number of halogens is 3. The first-order valence-electron chi connectivity index (χ1n) is 26.7. The molecule has 5 aromatic rings. The molecule has 0 unspecified atom stereocenters. The summed E-state index contributed by atoms with van der Waals surface area (Å²) < 4.78 is 46.8. The van der Waals surface area contributed by atoms with E-state index in [1.807, 2.05) is 0 Å². The van der Waals surface area contributed by atoms with E-state index < -0.39 is 11.7 Å². The summed E-state index contributed by atoms with van der Waals surface area (Å²) in [6.45, 7) is 22.5. The number of aromatic nitrogens is 1. The molecule has 8 fully saturated rings. The second kappa shape index (κ2) is 16.2. The maximum absolute atomic E-state index is 15.6. The highest BCUT2D eigenvalue weighted by atomic mass is 19.4. The van der Waals surface area contributed by atoms with Crippen LogP contribution in [-0.2, 0) is 27.8 Å². The molecule has 1 nitrogen and oxygen atoms in total. The smallest absolute Gasteiger partial charge is 0.248 e. The average Bonchev–Trinajstić information content (AvgIpc) is 3.26. The van der Waals surface area contributed by atoms with E-state index in [1.165, 1.54) is 111 Å². The van der Waals surface area contributed by atoms with Crippen LogP contribution < -0.4 is 0 Å². The quantitative estimate of drug-likeness (QED) is 0.151. The Morgan fingerprint density at radius 2 is 0.765 bits per heavy atom. The van der Waals surface area contributed by atoms with Crippen molar-refractivity contribution < 1.29 is 13.2 Å². The first-order valence-corrected chi connectivity index (χ1v) is 26.7. The largest absolute Gasteiger partial charge is 0.416 e. The Balaban J connectivity index is 1.11. The Morgan fingerprint density at radius 1 is 0.426 bits per heavy atom. The van der Waals surface area contributed by atoms with Gasteiger partial charge in [0.15, 0.2) is 0 Å². The van der Waals surface area contributed by atoms with Crippen molar-refractivity contribution in [3.8, 4) is 44.8 Å². The van der Waals surface area contributed by atoms with Crippen molar-refractivity contribution in [1.29, 1.82) is 0 Å². The van der Waals surface area contributed by atoms with Crippen molar-refractivity contribution in [3.05, 3.63) is 124 Å². The predicted molar refractivity (Wildman–Crippen MR) is 276 cm³/mol. The molecule has 8 bridgehead atoms. The molecule has 0 spiro atoms. The number of rotatable bonds is 8. The van der Waals surface area contributed by atoms with Gasteiger partial charge in [-0.3, -0.25) is 0 Å². The summed E-state index contributed by atoms with van der Waals surface area (Å²) >= 11 is 0. The normalized spacial score (nSPS) is 28.6. The van der Waals surface area contributed by atoms with Gasteiger partial charge < -0.3 is 0 Å². The number of hydrogen-bond donors (Lipinski definition) is 0. The van der Waals surface area contributed by atoms with Gasteiger partial charge in [0.2, 0.25) is 0 Å². The summed E-state index contributed by atoms with van der Waals surface area (Å²) in [5.41, 5.74) is 13.5. The number of nitrogens with zero attached hydrogens (tertiary/aromatic N) is 1. The SMILES string of the molecule is CC(C)c1ccc(-c2cc(C(C)(C)C)cc(C34CC5CC(CC(C5)C3)C4)c2)c(-c2cc(C(F)(F)F)cc(-c3cc(C(C)C)ccc3-c3cc(C(C)(C)C)cc(C45CC6CC(CC(C6)C4)C5)c3)n2)c1. The van der Waals surface area contributed by atoms with Crippen molar-refractivity contribution in [3.63, 3.8) is 0 Å². The van der Waals surface area contributed by atoms with Gasteiger partial charge in [-0.2, -0.15) is 13.2 Å². The van der Waals surface area contributed by atoms with Crippen LogP contribution in [0.25, 0.3) is 44.8 Å². The summed E-state index contributed by atoms with van der Waals surface area (Å²) in [4.78, 5) is 5.46. The minimum Gasteiger partial charge on any atom is -0.248 e. The lowest BCUT2D eigenvalue weighted by Crippen LogP contribution is -2.48. The molecule has 0 N–H and O–H groups in total. The van der Waals surface area contributed by atoms with E-state index in [0.29, 0.717) is 11.4 Å². The van der Waals surface area contributed by atoms with Crippen molar-refractivity contribution in [2.75, 3.05) is 0 Å². The molecule has 0 aliphatic heterocycles. The number of benzene rings is 4. The van der Waals surface area contributed by atoms with Gasteiger partial charge in [0.25, 0.3) is 0 Å². The van der Waals surface area contributed by atoms with Crippen molar-refractivity contribution >= 4 is 0 Å². The Morgan fingerprint density at radius 3 is 1.06 bits per heavy atom. The summed E-state index contributed by atoms with van der Waals surface area (Å²) in [6, 6.07) is 30.3. The molecule has 0 atom stereocenters. The van der Waals surface area contributed by atoms with Crippen LogP contribution in [0.5, 0.6) is 0 Å². The van der Waals surface area contributed by atoms with E-state index >= 15 is 13.2 Å². The van der Waals surface area contributed by atoms with Crippen LogP contribution >= 0.6 is 0 Å². The molecule has 0 amide bonds. The summed E-state index contributed by atoms with van der Waals surface area (Å²) in [5, 5.41) is 0. The highest BCUT2D eigenvalue weighted by Gasteiger charge is 2.53. The van der Waals surface area contributed by atoms with Crippen LogP contribution in [0.2, 0.25) is 0 Å². The molecule has 8 aliphatic carbocycles. The molecule has 13 rings (SSSR count). The standard InChI is InChI=1S/C64H76F3N/c1-37(2)45-11-13-54(47-21-49(60(5,6)7)27-51(23-47)62-31-39-15-40(32-62)17-41(16-39)33-62)56(25-45)58-29-53(64(65,66)67)30-59(68-58)57-26-46(38(3)4)12-14-55(57)48-22-50(61(8,9)10)28-52(24-48)63-34-42-18-43(35-63)20-44(19-42)36-63/h11-14,21-30,37-44H,15-20,31-36H2,1-10H3. The van der Waals surface area contributed by atoms with Gasteiger partial charge in [-0.25, -0.2) is 4.98 Å². The topological polar surface area (TPSA) is 12.9 Å². The molecule has 4 heteroatoms. The monoisotopic (exact) mass is 916 g/mol. The fourth-order valence-corrected chi connectivity index (χ4v) is 15.7. The summed E-state index contributed by atoms with van der Waals surface area (Å²) in [7, 11) is 0. The van der Waals surface area contributed by atoms with Crippen molar-refractivity contribution in [1.82, 2.24) is 4.98 Å². The molecule has 8 saturated carbocycles. The Kier molecular flexibility index (Phi) is 11.0. The first kappa shape index (κ1) is 46.2. The van der Waals surface area contributed by atoms with Gasteiger partial charge in [0.05, 0.1) is 17.0 Å². The van der Waals surface area contributed by atoms with Gasteiger partial charge in [-0.05, 0) is 226 Å². The zero-order chi connectivity index (χ0) is 47.9. The van der Waals surface area contributed by atoms with Gasteiger partial charge in [-0.15, -0.1) is 0 Å². The van der Waals surface area contributed by atoms with Crippen molar-refractivity contribution in [2.24, 2.45) is 35.5 Å². The molecule has 358 valence electrons. The number of pyridine rings is 1. The molecule has 0 saturated heterocycles. The highest BCUT2D eigenvalue weighted by Crippen LogP contribution is 2.63. The molecule has 68 heavy (non-hydrogen) atoms. The second-order valence-electron chi connectivity index (χ2n) is 26.5. The zero-order valence-electron chi connectivity index (χ0n) is 42.8. The number of alkyl halides is 3. The Hall–Kier alpha value is -4.18. The van der Waals surface area contributed by atoms with Crippen LogP contribution in [-0.4, -0.2) is 4.98 Å². The van der Waals surface area contributed by atoms with Crippen molar-refractivity contribution in [2.45, 2.75) is 186 Å². The molecule has 1 heterocycles. The summed E-state index contributed by atoms with van der Waals surface area (Å²) in [5.74, 6) is 5.18. The van der Waals surface area contributed by atoms with Gasteiger partial charge in [0, 0.05) is 11.1 Å². The van der Waals surface area contributed by atoms with Gasteiger partial charge in [0.1, 0.15) is 0 Å². The van der Waals surface area contributed by atoms with Gasteiger partial charge in [-0.1, -0.05) is 130 Å². The third-order valence-electron chi connectivity index (χ3n) is 18.6. The zero-order valence-corrected chi connectivity index (χ0v) is 42.8. The van der Waals surface area contributed by atoms with Crippen LogP contribution in [0.4, 0.5) is 13.2 Å². The van der Waals surface area contributed by atoms with Gasteiger partial charge >= 0.3 is 6.18 Å². The Labute approximate surface area is 406 Å². The molecule has 4 aromatic carbocycles. The molecule has 1 aromatic heterocycles. The van der Waals surface area contributed by atoms with Crippen LogP contribution in [0.15, 0.2) is 84.9 Å². The highest BCUT2D eigenvalue weighted by molar-refractivity contribution is 5.87. The van der Waals surface area contributed by atoms with E-state index in [0.717, 1.165) is 80.0 Å². The maximum Gasteiger partial charge on any atom is 0.416 e. The maximum atomic E-state index is 15.6. The van der Waals surface area contributed by atoms with E-state index in [2.05, 4.69) is 142 Å². The summed E-state index contributed by atoms with van der Waals surface area (Å²) in [6.07, 6.45) is 11.2. The van der Waals surface area contributed by atoms with E-state index in [1.54, 1.807) is 0 Å². The van der Waals surface area contributed by atoms with Crippen LogP contribution in [0.1, 0.15) is 197 Å². The lowest BCUT2D eigenvalue weighted by Gasteiger charge is -2.57. The predicted octanol–water partition coefficient (Wildman–Crippen LogP) is 18.5. The van der Waals surface area contributed by atoms with E-state index in [4.69, 9.17) is 4.98 Å². The fourth-order valence-electron chi connectivity index (χ4n) is 15.7. The minimum absolute atomic E-state index is 0.107. The molecule has 0 radical (unpaired) electrons. The third kappa shape index (κ3) is 8.32. The molecule has 8 aliphatic rings. The van der Waals surface area contributed by atoms with Crippen LogP contribution in [0.3, 0.4) is 0 Å². The lowest BCUT2D eigenvalue weighted by molar-refractivity contribution is -0.137. The molecular weight excluding hydrogens is 840 g/mol.